The van der Waals surface area contributed by atoms with Crippen molar-refractivity contribution in [1.29, 1.82) is 5.41 Å². The van der Waals surface area contributed by atoms with Gasteiger partial charge in [-0.05, 0) is 47.0 Å². The second-order valence-corrected chi connectivity index (χ2v) is 5.08. The van der Waals surface area contributed by atoms with Crippen LogP contribution in [-0.2, 0) is 0 Å². The van der Waals surface area contributed by atoms with Gasteiger partial charge in [-0.25, -0.2) is 0 Å². The molecule has 0 amide bonds. The molecule has 1 aromatic rings. The molecule has 5 heteroatoms. The van der Waals surface area contributed by atoms with Crippen molar-refractivity contribution in [2.45, 2.75) is 18.9 Å². The molecule has 4 nitrogen and oxygen atoms in total. The number of rotatable bonds is 5. The Morgan fingerprint density at radius 2 is 2.24 bits per heavy atom. The molecule has 4 N–H and O–H groups in total. The first-order chi connectivity index (χ1) is 8.13. The number of amidine groups is 1. The number of nitrogen functional groups attached to an aromatic ring is 1. The first-order valence-electron chi connectivity index (χ1n) is 5.65. The highest BCUT2D eigenvalue weighted by molar-refractivity contribution is 9.10. The zero-order valence-corrected chi connectivity index (χ0v) is 11.1. The lowest BCUT2D eigenvalue weighted by Crippen LogP contribution is -2.29. The standard InChI is InChI=1S/C12H16BrN3O/c13-10-7-8(12(14)15)1-4-11(10)16(5-6-17)9-2-3-9/h1,4,7,9,17H,2-3,5-6H2,(H3,14,15). The molecule has 0 aliphatic heterocycles. The molecule has 1 aliphatic carbocycles. The molecule has 0 aromatic heterocycles. The summed E-state index contributed by atoms with van der Waals surface area (Å²) in [5, 5.41) is 16.5. The van der Waals surface area contributed by atoms with Gasteiger partial charge >= 0.3 is 0 Å². The third-order valence-corrected chi connectivity index (χ3v) is 3.53. The van der Waals surface area contributed by atoms with E-state index in [1.807, 2.05) is 18.2 Å². The van der Waals surface area contributed by atoms with Crippen molar-refractivity contribution < 1.29 is 5.11 Å². The van der Waals surface area contributed by atoms with E-state index >= 15 is 0 Å². The van der Waals surface area contributed by atoms with Gasteiger partial charge in [0.15, 0.2) is 0 Å². The topological polar surface area (TPSA) is 73.3 Å². The van der Waals surface area contributed by atoms with Gasteiger partial charge < -0.3 is 15.7 Å². The average molecular weight is 298 g/mol. The molecule has 0 heterocycles. The van der Waals surface area contributed by atoms with Crippen LogP contribution < -0.4 is 10.6 Å². The van der Waals surface area contributed by atoms with Crippen molar-refractivity contribution in [3.05, 3.63) is 28.2 Å². The number of hydrogen-bond acceptors (Lipinski definition) is 3. The number of halogens is 1. The molecule has 0 atom stereocenters. The number of hydrogen-bond donors (Lipinski definition) is 3. The maximum atomic E-state index is 9.10. The Kier molecular flexibility index (Phi) is 3.69. The lowest BCUT2D eigenvalue weighted by molar-refractivity contribution is 0.301. The molecule has 2 rings (SSSR count). The van der Waals surface area contributed by atoms with Crippen molar-refractivity contribution in [2.75, 3.05) is 18.1 Å². The summed E-state index contributed by atoms with van der Waals surface area (Å²) in [4.78, 5) is 2.20. The molecule has 1 saturated carbocycles. The van der Waals surface area contributed by atoms with Crippen molar-refractivity contribution in [3.8, 4) is 0 Å². The molecule has 1 fully saturated rings. The molecule has 1 aliphatic rings. The fourth-order valence-electron chi connectivity index (χ4n) is 1.90. The second kappa shape index (κ2) is 5.06. The van der Waals surface area contributed by atoms with Gasteiger partial charge in [-0.15, -0.1) is 0 Å². The summed E-state index contributed by atoms with van der Waals surface area (Å²) in [6, 6.07) is 6.19. The van der Waals surface area contributed by atoms with E-state index in [9.17, 15) is 0 Å². The SMILES string of the molecule is N=C(N)c1ccc(N(CCO)C2CC2)c(Br)c1. The highest BCUT2D eigenvalue weighted by Gasteiger charge is 2.29. The summed E-state index contributed by atoms with van der Waals surface area (Å²) in [6.45, 7) is 0.792. The second-order valence-electron chi connectivity index (χ2n) is 4.23. The van der Waals surface area contributed by atoms with Crippen molar-refractivity contribution in [3.63, 3.8) is 0 Å². The molecule has 17 heavy (non-hydrogen) atoms. The largest absolute Gasteiger partial charge is 0.395 e. The number of nitrogens with zero attached hydrogens (tertiary/aromatic N) is 1. The van der Waals surface area contributed by atoms with Crippen LogP contribution in [0.5, 0.6) is 0 Å². The first-order valence-corrected chi connectivity index (χ1v) is 6.44. The predicted molar refractivity (Wildman–Crippen MR) is 72.6 cm³/mol. The van der Waals surface area contributed by atoms with E-state index in [0.717, 1.165) is 10.2 Å². The summed E-state index contributed by atoms with van der Waals surface area (Å²) in [5.74, 6) is 0.0670. The molecule has 0 radical (unpaired) electrons. The molecule has 0 saturated heterocycles. The Hall–Kier alpha value is -1.07. The minimum absolute atomic E-state index is 0.0670. The van der Waals surface area contributed by atoms with Crippen LogP contribution in [0.2, 0.25) is 0 Å². The van der Waals surface area contributed by atoms with Crippen LogP contribution in [0.3, 0.4) is 0 Å². The number of benzene rings is 1. The first kappa shape index (κ1) is 12.4. The van der Waals surface area contributed by atoms with E-state index in [1.54, 1.807) is 0 Å². The predicted octanol–water partition coefficient (Wildman–Crippen LogP) is 1.69. The monoisotopic (exact) mass is 297 g/mol. The normalized spacial score (nSPS) is 14.7. The maximum Gasteiger partial charge on any atom is 0.122 e. The third kappa shape index (κ3) is 2.79. The van der Waals surface area contributed by atoms with E-state index in [1.165, 1.54) is 12.8 Å². The summed E-state index contributed by atoms with van der Waals surface area (Å²) in [5.41, 5.74) is 7.22. The summed E-state index contributed by atoms with van der Waals surface area (Å²) in [7, 11) is 0. The van der Waals surface area contributed by atoms with Crippen LogP contribution in [0, 0.1) is 5.41 Å². The van der Waals surface area contributed by atoms with Gasteiger partial charge in [-0.2, -0.15) is 0 Å². The number of nitrogens with one attached hydrogen (secondary N) is 1. The van der Waals surface area contributed by atoms with Crippen molar-refractivity contribution in [1.82, 2.24) is 0 Å². The molecular weight excluding hydrogens is 282 g/mol. The minimum Gasteiger partial charge on any atom is -0.395 e. The Morgan fingerprint density at radius 3 is 2.71 bits per heavy atom. The fraction of sp³-hybridized carbons (Fsp3) is 0.417. The number of aliphatic hydroxyl groups excluding tert-OH is 1. The molecule has 92 valence electrons. The molecule has 0 bridgehead atoms. The lowest BCUT2D eigenvalue weighted by atomic mass is 10.2. The number of nitrogens with two attached hydrogens (primary N) is 1. The number of anilines is 1. The van der Waals surface area contributed by atoms with Gasteiger partial charge in [-0.3, -0.25) is 5.41 Å². The highest BCUT2D eigenvalue weighted by Crippen LogP contribution is 2.35. The van der Waals surface area contributed by atoms with Crippen LogP contribution >= 0.6 is 15.9 Å². The molecule has 0 spiro atoms. The summed E-state index contributed by atoms with van der Waals surface area (Å²) < 4.78 is 0.922. The van der Waals surface area contributed by atoms with Gasteiger partial charge in [0.1, 0.15) is 5.84 Å². The van der Waals surface area contributed by atoms with Crippen LogP contribution in [0.4, 0.5) is 5.69 Å². The van der Waals surface area contributed by atoms with Gasteiger partial charge in [0.05, 0.1) is 12.3 Å². The Labute approximate surface area is 109 Å². The third-order valence-electron chi connectivity index (χ3n) is 2.90. The zero-order chi connectivity index (χ0) is 12.4. The van der Waals surface area contributed by atoms with Gasteiger partial charge in [-0.1, -0.05) is 0 Å². The van der Waals surface area contributed by atoms with Crippen LogP contribution in [-0.4, -0.2) is 30.1 Å². The number of aliphatic hydroxyl groups is 1. The Bertz CT molecular complexity index is 432. The smallest absolute Gasteiger partial charge is 0.122 e. The quantitative estimate of drug-likeness (QED) is 0.572. The summed E-state index contributed by atoms with van der Waals surface area (Å²) >= 11 is 3.51. The minimum atomic E-state index is 0.0670. The Morgan fingerprint density at radius 1 is 1.53 bits per heavy atom. The Balaban J connectivity index is 2.27. The fourth-order valence-corrected chi connectivity index (χ4v) is 2.51. The van der Waals surface area contributed by atoms with Gasteiger partial charge in [0.2, 0.25) is 0 Å². The lowest BCUT2D eigenvalue weighted by Gasteiger charge is -2.25. The van der Waals surface area contributed by atoms with E-state index in [2.05, 4.69) is 20.8 Å². The van der Waals surface area contributed by atoms with Gasteiger partial charge in [0.25, 0.3) is 0 Å². The van der Waals surface area contributed by atoms with E-state index in [0.29, 0.717) is 18.2 Å². The maximum absolute atomic E-state index is 9.10. The van der Waals surface area contributed by atoms with Crippen LogP contribution in [0.15, 0.2) is 22.7 Å². The molecular formula is C12H16BrN3O. The highest BCUT2D eigenvalue weighted by atomic mass is 79.9. The van der Waals surface area contributed by atoms with Crippen molar-refractivity contribution >= 4 is 27.5 Å². The zero-order valence-electron chi connectivity index (χ0n) is 9.49. The molecule has 0 unspecified atom stereocenters. The van der Waals surface area contributed by atoms with E-state index in [-0.39, 0.29) is 12.4 Å². The van der Waals surface area contributed by atoms with Crippen LogP contribution in [0.1, 0.15) is 18.4 Å². The summed E-state index contributed by atoms with van der Waals surface area (Å²) in [6.07, 6.45) is 2.36. The molecule has 1 aromatic carbocycles. The van der Waals surface area contributed by atoms with E-state index < -0.39 is 0 Å². The van der Waals surface area contributed by atoms with Crippen LogP contribution in [0.25, 0.3) is 0 Å². The average Bonchev–Trinajstić information content (AvgIpc) is 3.10. The van der Waals surface area contributed by atoms with Crippen molar-refractivity contribution in [2.24, 2.45) is 5.73 Å². The van der Waals surface area contributed by atoms with E-state index in [4.69, 9.17) is 16.2 Å². The van der Waals surface area contributed by atoms with Gasteiger partial charge in [0, 0.05) is 22.6 Å².